The molecule has 6 aromatic rings. The minimum atomic E-state index is -1.86. The van der Waals surface area contributed by atoms with E-state index < -0.39 is 55.5 Å². The first kappa shape index (κ1) is 57.0. The number of thioether (sulfide) groups is 1. The Morgan fingerprint density at radius 3 is 1.97 bits per heavy atom. The van der Waals surface area contributed by atoms with Crippen molar-refractivity contribution in [2.75, 3.05) is 65.4 Å². The van der Waals surface area contributed by atoms with Crippen molar-refractivity contribution in [3.8, 4) is 17.2 Å². The normalized spacial score (nSPS) is 17.5. The smallest absolute Gasteiger partial charge is 0.280 e. The van der Waals surface area contributed by atoms with E-state index in [1.165, 1.54) is 18.1 Å². The molecule has 75 heavy (non-hydrogen) atoms. The molecule has 0 aliphatic carbocycles. The fourth-order valence-electron chi connectivity index (χ4n) is 8.65. The van der Waals surface area contributed by atoms with Crippen LogP contribution in [0, 0.1) is 5.41 Å². The largest absolute Gasteiger partial charge is 0.497 e. The third kappa shape index (κ3) is 14.0. The number of benzene rings is 4. The molecule has 2 N–H and O–H groups in total. The van der Waals surface area contributed by atoms with Gasteiger partial charge >= 0.3 is 0 Å². The van der Waals surface area contributed by atoms with Gasteiger partial charge in [0.05, 0.1) is 47.0 Å². The summed E-state index contributed by atoms with van der Waals surface area (Å²) in [7, 11) is 2.94. The van der Waals surface area contributed by atoms with Gasteiger partial charge in [-0.25, -0.2) is 9.65 Å². The van der Waals surface area contributed by atoms with Gasteiger partial charge < -0.3 is 42.2 Å². The molecule has 18 nitrogen and oxygen atoms in total. The molecule has 1 aliphatic heterocycles. The summed E-state index contributed by atoms with van der Waals surface area (Å²) in [5.41, 5.74) is 0.289. The number of aromatic amines is 1. The van der Waals surface area contributed by atoms with Gasteiger partial charge in [0, 0.05) is 30.4 Å². The van der Waals surface area contributed by atoms with Crippen LogP contribution in [0.3, 0.4) is 0 Å². The van der Waals surface area contributed by atoms with Crippen LogP contribution in [0.1, 0.15) is 71.4 Å². The Bertz CT molecular complexity index is 2760. The molecule has 20 heteroatoms. The monoisotopic (exact) mass is 1070 g/mol. The molecule has 0 bridgehead atoms. The maximum atomic E-state index is 13.6. The van der Waals surface area contributed by atoms with Gasteiger partial charge in [-0.3, -0.25) is 29.3 Å². The maximum absolute atomic E-state index is 13.6. The van der Waals surface area contributed by atoms with Gasteiger partial charge in [0.15, 0.2) is 29.1 Å². The van der Waals surface area contributed by atoms with Gasteiger partial charge in [-0.1, -0.05) is 105 Å². The molecule has 7 rings (SSSR count). The maximum Gasteiger partial charge on any atom is 0.280 e. The lowest BCUT2D eigenvalue weighted by atomic mass is 9.80. The van der Waals surface area contributed by atoms with Crippen molar-refractivity contribution in [1.82, 2.24) is 24.2 Å². The molecule has 402 valence electrons. The van der Waals surface area contributed by atoms with Crippen molar-refractivity contribution in [1.29, 1.82) is 0 Å². The second kappa shape index (κ2) is 26.4. The molecule has 1 unspecified atom stereocenters. The Balaban J connectivity index is 1.26. The third-order valence-corrected chi connectivity index (χ3v) is 15.6. The number of ether oxygens (including phenoxy) is 7. The highest BCUT2D eigenvalue weighted by Gasteiger charge is 2.51. The molecule has 0 spiro atoms. The molecule has 1 amide bonds. The molecular formula is C55H69N6O12PS. The van der Waals surface area contributed by atoms with E-state index in [-0.39, 0.29) is 60.7 Å². The SMILES string of the molecule is COc1ccc(C(OC[C@H]2O[C@@H](n3cnc4c(=O)[nH]c(NC(=O)COc5ccccc5)nc43)[C@H](OC)[C@@H]2OP(OCCOCCSC(=O)C(C)(C)C)N(C(C)C)C(C)C)(c2ccccc2)c2ccc(OC)cc2)cc1. The van der Waals surface area contributed by atoms with Crippen molar-refractivity contribution in [3.05, 3.63) is 143 Å². The Morgan fingerprint density at radius 2 is 1.40 bits per heavy atom. The molecule has 1 fully saturated rings. The first-order valence-electron chi connectivity index (χ1n) is 24.8. The number of carbonyl (C=O) groups excluding carboxylic acids is 2. The number of nitrogens with one attached hydrogen (secondary N) is 2. The predicted octanol–water partition coefficient (Wildman–Crippen LogP) is 9.15. The molecule has 5 atom stereocenters. The quantitative estimate of drug-likeness (QED) is 0.0296. The zero-order chi connectivity index (χ0) is 53.7. The molecule has 3 heterocycles. The van der Waals surface area contributed by atoms with Gasteiger partial charge in [-0.2, -0.15) is 4.98 Å². The molecule has 4 aromatic carbocycles. The fraction of sp³-hybridized carbons (Fsp3) is 0.436. The van der Waals surface area contributed by atoms with Crippen molar-refractivity contribution < 1.29 is 51.8 Å². The zero-order valence-electron chi connectivity index (χ0n) is 44.2. The number of para-hydroxylation sites is 1. The highest BCUT2D eigenvalue weighted by molar-refractivity contribution is 8.13. The van der Waals surface area contributed by atoms with E-state index in [1.54, 1.807) is 50.2 Å². The second-order valence-electron chi connectivity index (χ2n) is 19.2. The Hall–Kier alpha value is -5.73. The highest BCUT2D eigenvalue weighted by Crippen LogP contribution is 2.51. The van der Waals surface area contributed by atoms with Gasteiger partial charge in [0.2, 0.25) is 5.95 Å². The number of carbonyl (C=O) groups is 2. The van der Waals surface area contributed by atoms with Crippen LogP contribution in [-0.2, 0) is 43.2 Å². The van der Waals surface area contributed by atoms with E-state index in [0.29, 0.717) is 29.6 Å². The lowest BCUT2D eigenvalue weighted by Gasteiger charge is -2.39. The summed E-state index contributed by atoms with van der Waals surface area (Å²) in [4.78, 5) is 51.1. The fourth-order valence-corrected chi connectivity index (χ4v) is 11.2. The number of fused-ring (bicyclic) bond motifs is 1. The minimum Gasteiger partial charge on any atom is -0.497 e. The Morgan fingerprint density at radius 1 is 0.800 bits per heavy atom. The summed E-state index contributed by atoms with van der Waals surface area (Å²) in [5.74, 6) is 1.69. The predicted molar refractivity (Wildman–Crippen MR) is 289 cm³/mol. The van der Waals surface area contributed by atoms with Crippen molar-refractivity contribution >= 4 is 48.4 Å². The van der Waals surface area contributed by atoms with E-state index >= 15 is 0 Å². The van der Waals surface area contributed by atoms with Gasteiger partial charge in [-0.05, 0) is 80.8 Å². The van der Waals surface area contributed by atoms with E-state index in [1.807, 2.05) is 106 Å². The molecule has 2 aromatic heterocycles. The Labute approximate surface area is 444 Å². The van der Waals surface area contributed by atoms with Crippen LogP contribution in [-0.4, -0.2) is 126 Å². The van der Waals surface area contributed by atoms with Crippen LogP contribution in [0.25, 0.3) is 11.2 Å². The van der Waals surface area contributed by atoms with Crippen LogP contribution in [0.15, 0.2) is 120 Å². The molecule has 0 saturated carbocycles. The number of hydrogen-bond acceptors (Lipinski definition) is 16. The summed E-state index contributed by atoms with van der Waals surface area (Å²) in [6, 6.07) is 34.2. The van der Waals surface area contributed by atoms with Gasteiger partial charge in [0.25, 0.3) is 20.0 Å². The summed E-state index contributed by atoms with van der Waals surface area (Å²) < 4.78 is 61.5. The van der Waals surface area contributed by atoms with Crippen molar-refractivity contribution in [2.24, 2.45) is 5.41 Å². The number of nitrogens with zero attached hydrogens (tertiary/aromatic N) is 4. The molecule has 1 aliphatic rings. The molecule has 1 saturated heterocycles. The number of hydrogen-bond donors (Lipinski definition) is 2. The summed E-state index contributed by atoms with van der Waals surface area (Å²) >= 11 is 1.26. The minimum absolute atomic E-state index is 0.00353. The van der Waals surface area contributed by atoms with Gasteiger partial charge in [-0.15, -0.1) is 0 Å². The van der Waals surface area contributed by atoms with E-state index in [0.717, 1.165) is 16.7 Å². The number of methoxy groups -OCH3 is 3. The number of amides is 1. The summed E-state index contributed by atoms with van der Waals surface area (Å²) in [6.07, 6.45) is -2.20. The standard InChI is InChI=1S/C55H69N6O12PS/c1-36(2)61(37(3)4)74(71-30-29-68-31-32-75-52(64)54(5,6)7)73-47-44(33-70-55(38-17-13-11-14-18-38,39-21-25-41(65-8)26-22-39)40-23-27-42(66-9)28-24-40)72-51(48(47)67-10)60-35-56-46-49(60)58-53(59-50(46)63)57-45(62)34-69-43-19-15-12-16-20-43/h11-28,35-37,44,47-48,51H,29-34H2,1-10H3,(H2,57,58,59,62,63)/t44-,47-,48-,51-,74?/m1/s1. The lowest BCUT2D eigenvalue weighted by molar-refractivity contribution is -0.118. The summed E-state index contributed by atoms with van der Waals surface area (Å²) in [6.45, 7) is 14.4. The van der Waals surface area contributed by atoms with E-state index in [4.69, 9.17) is 42.2 Å². The highest BCUT2D eigenvalue weighted by atomic mass is 32.2. The van der Waals surface area contributed by atoms with Crippen LogP contribution in [0.5, 0.6) is 17.2 Å². The second-order valence-corrected chi connectivity index (χ2v) is 21.7. The molecular weight excluding hydrogens is 1000 g/mol. The summed E-state index contributed by atoms with van der Waals surface area (Å²) in [5, 5.41) is 2.75. The van der Waals surface area contributed by atoms with Crippen LogP contribution in [0.2, 0.25) is 0 Å². The average Bonchev–Trinajstić information content (AvgIpc) is 3.99. The average molecular weight is 1070 g/mol. The Kier molecular flexibility index (Phi) is 20.0. The molecule has 0 radical (unpaired) electrons. The number of anilines is 1. The van der Waals surface area contributed by atoms with Crippen LogP contribution >= 0.6 is 20.3 Å². The third-order valence-electron chi connectivity index (χ3n) is 12.2. The van der Waals surface area contributed by atoms with E-state index in [2.05, 4.69) is 52.6 Å². The number of imidazole rings is 1. The van der Waals surface area contributed by atoms with Crippen LogP contribution < -0.4 is 25.1 Å². The van der Waals surface area contributed by atoms with Gasteiger partial charge in [0.1, 0.15) is 41.2 Å². The van der Waals surface area contributed by atoms with Crippen molar-refractivity contribution in [2.45, 2.75) is 90.7 Å². The topological polar surface area (TPSA) is 196 Å². The van der Waals surface area contributed by atoms with Crippen molar-refractivity contribution in [3.63, 3.8) is 0 Å². The first-order chi connectivity index (χ1) is 36.1. The number of H-pyrrole nitrogens is 1. The zero-order valence-corrected chi connectivity index (χ0v) is 45.9. The first-order valence-corrected chi connectivity index (χ1v) is 26.9. The number of aromatic nitrogens is 4. The van der Waals surface area contributed by atoms with Crippen LogP contribution in [0.4, 0.5) is 5.95 Å². The number of rotatable bonds is 26. The van der Waals surface area contributed by atoms with E-state index in [9.17, 15) is 14.4 Å². The lowest BCUT2D eigenvalue weighted by Crippen LogP contribution is -2.42.